The molecule has 3 N–H and O–H groups in total. The molecule has 0 aromatic carbocycles. The van der Waals surface area contributed by atoms with E-state index < -0.39 is 0 Å². The second-order valence-electron chi connectivity index (χ2n) is 3.22. The number of rotatable bonds is 3. The Kier molecular flexibility index (Phi) is 3.75. The van der Waals surface area contributed by atoms with Crippen LogP contribution in [0.5, 0.6) is 0 Å². The fourth-order valence-corrected chi connectivity index (χ4v) is 2.06. The normalized spacial score (nSPS) is 10.2. The molecule has 0 amide bonds. The smallest absolute Gasteiger partial charge is 0.124 e. The zero-order valence-electron chi connectivity index (χ0n) is 8.72. The molecule has 0 aliphatic carbocycles. The lowest BCUT2D eigenvalue weighted by Gasteiger charge is -2.01. The monoisotopic (exact) mass is 308 g/mol. The van der Waals surface area contributed by atoms with E-state index in [2.05, 4.69) is 25.9 Å². The second-order valence-corrected chi connectivity index (χ2v) is 5.17. The van der Waals surface area contributed by atoms with Gasteiger partial charge in [0.2, 0.25) is 0 Å². The minimum absolute atomic E-state index is 0.0239. The van der Waals surface area contributed by atoms with Gasteiger partial charge in [-0.1, -0.05) is 11.8 Å². The maximum absolute atomic E-state index is 7.26. The quantitative estimate of drug-likeness (QED) is 0.675. The van der Waals surface area contributed by atoms with Crippen molar-refractivity contribution in [3.05, 3.63) is 46.7 Å². The molecule has 0 saturated heterocycles. The molecule has 2 heterocycles. The first-order chi connectivity index (χ1) is 8.15. The number of nitrogens with one attached hydrogen (secondary N) is 1. The Morgan fingerprint density at radius 1 is 1.12 bits per heavy atom. The summed E-state index contributed by atoms with van der Waals surface area (Å²) in [4.78, 5) is 8.45. The number of hydrogen-bond acceptors (Lipinski definition) is 4. The van der Waals surface area contributed by atoms with E-state index in [4.69, 9.17) is 11.1 Å². The SMILES string of the molecule is N=C(N)c1ccc(Sc2ccc(Br)cn2)nc1. The van der Waals surface area contributed by atoms with Crippen LogP contribution in [0.15, 0.2) is 51.2 Å². The highest BCUT2D eigenvalue weighted by Gasteiger charge is 2.01. The van der Waals surface area contributed by atoms with Crippen LogP contribution in [0.1, 0.15) is 5.56 Å². The Hall–Kier alpha value is -1.40. The van der Waals surface area contributed by atoms with Crippen LogP contribution in [0.25, 0.3) is 0 Å². The van der Waals surface area contributed by atoms with Crippen LogP contribution in [0.2, 0.25) is 0 Å². The Morgan fingerprint density at radius 2 is 1.76 bits per heavy atom. The molecule has 0 unspecified atom stereocenters. The van der Waals surface area contributed by atoms with Crippen molar-refractivity contribution in [1.29, 1.82) is 5.41 Å². The first-order valence-corrected chi connectivity index (χ1v) is 6.36. The highest BCUT2D eigenvalue weighted by molar-refractivity contribution is 9.10. The molecule has 2 aromatic rings. The van der Waals surface area contributed by atoms with E-state index in [1.807, 2.05) is 18.2 Å². The van der Waals surface area contributed by atoms with Crippen molar-refractivity contribution < 1.29 is 0 Å². The molecule has 2 aromatic heterocycles. The van der Waals surface area contributed by atoms with Gasteiger partial charge in [0, 0.05) is 22.4 Å². The third kappa shape index (κ3) is 3.28. The summed E-state index contributed by atoms with van der Waals surface area (Å²) in [7, 11) is 0. The fraction of sp³-hybridized carbons (Fsp3) is 0. The number of nitrogens with two attached hydrogens (primary N) is 1. The van der Waals surface area contributed by atoms with Gasteiger partial charge in [-0.3, -0.25) is 5.41 Å². The molecule has 17 heavy (non-hydrogen) atoms. The van der Waals surface area contributed by atoms with Gasteiger partial charge in [0.1, 0.15) is 15.9 Å². The lowest BCUT2D eigenvalue weighted by Crippen LogP contribution is -2.10. The van der Waals surface area contributed by atoms with Crippen molar-refractivity contribution in [3.63, 3.8) is 0 Å². The van der Waals surface area contributed by atoms with E-state index >= 15 is 0 Å². The van der Waals surface area contributed by atoms with Crippen molar-refractivity contribution in [2.45, 2.75) is 10.1 Å². The maximum atomic E-state index is 7.26. The highest BCUT2D eigenvalue weighted by atomic mass is 79.9. The van der Waals surface area contributed by atoms with Crippen LogP contribution in [-0.2, 0) is 0 Å². The first-order valence-electron chi connectivity index (χ1n) is 4.75. The van der Waals surface area contributed by atoms with E-state index in [1.165, 1.54) is 11.8 Å². The predicted octanol–water partition coefficient (Wildman–Crippen LogP) is 2.67. The molecule has 0 bridgehead atoms. The van der Waals surface area contributed by atoms with Gasteiger partial charge in [0.15, 0.2) is 0 Å². The third-order valence-electron chi connectivity index (χ3n) is 1.96. The summed E-state index contributed by atoms with van der Waals surface area (Å²) in [6, 6.07) is 7.44. The Balaban J connectivity index is 2.13. The lowest BCUT2D eigenvalue weighted by atomic mass is 10.3. The number of aromatic nitrogens is 2. The van der Waals surface area contributed by atoms with Crippen LogP contribution in [0.4, 0.5) is 0 Å². The molecule has 4 nitrogen and oxygen atoms in total. The number of nitrogen functional groups attached to an aromatic ring is 1. The molecule has 0 aliphatic rings. The molecule has 86 valence electrons. The summed E-state index contributed by atoms with van der Waals surface area (Å²) in [6.07, 6.45) is 3.33. The summed E-state index contributed by atoms with van der Waals surface area (Å²) < 4.78 is 0.946. The van der Waals surface area contributed by atoms with E-state index in [9.17, 15) is 0 Å². The van der Waals surface area contributed by atoms with E-state index in [-0.39, 0.29) is 5.84 Å². The first kappa shape index (κ1) is 12.1. The minimum Gasteiger partial charge on any atom is -0.384 e. The lowest BCUT2D eigenvalue weighted by molar-refractivity contribution is 1.08. The Morgan fingerprint density at radius 3 is 2.24 bits per heavy atom. The van der Waals surface area contributed by atoms with E-state index in [0.717, 1.165) is 14.5 Å². The molecule has 0 spiro atoms. The topological polar surface area (TPSA) is 75.7 Å². The Labute approximate surface area is 111 Å². The van der Waals surface area contributed by atoms with E-state index in [1.54, 1.807) is 18.5 Å². The average Bonchev–Trinajstić information content (AvgIpc) is 2.33. The van der Waals surface area contributed by atoms with Gasteiger partial charge >= 0.3 is 0 Å². The highest BCUT2D eigenvalue weighted by Crippen LogP contribution is 2.24. The molecule has 0 aliphatic heterocycles. The van der Waals surface area contributed by atoms with Crippen LogP contribution >= 0.6 is 27.7 Å². The van der Waals surface area contributed by atoms with E-state index in [0.29, 0.717) is 5.56 Å². The standard InChI is InChI=1S/C11H9BrN4S/c12-8-2-4-10(16-6-8)17-9-3-1-7(5-15-9)11(13)14/h1-6H,(H3,13,14). The largest absolute Gasteiger partial charge is 0.384 e. The fourth-order valence-electron chi connectivity index (χ4n) is 1.13. The molecule has 6 heteroatoms. The van der Waals surface area contributed by atoms with Crippen molar-refractivity contribution in [3.8, 4) is 0 Å². The molecule has 0 fully saturated rings. The van der Waals surface area contributed by atoms with Gasteiger partial charge in [-0.25, -0.2) is 9.97 Å². The van der Waals surface area contributed by atoms with Crippen LogP contribution < -0.4 is 5.73 Å². The number of hydrogen-bond donors (Lipinski definition) is 2. The summed E-state index contributed by atoms with van der Waals surface area (Å²) in [6.45, 7) is 0. The van der Waals surface area contributed by atoms with Gasteiger partial charge in [-0.05, 0) is 40.2 Å². The number of pyridine rings is 2. The van der Waals surface area contributed by atoms with Gasteiger partial charge in [-0.15, -0.1) is 0 Å². The number of nitrogens with zero attached hydrogens (tertiary/aromatic N) is 2. The summed E-state index contributed by atoms with van der Waals surface area (Å²) >= 11 is 4.79. The van der Waals surface area contributed by atoms with Crippen molar-refractivity contribution in [1.82, 2.24) is 9.97 Å². The summed E-state index contributed by atoms with van der Waals surface area (Å²) in [5.74, 6) is 0.0239. The van der Waals surface area contributed by atoms with Crippen molar-refractivity contribution in [2.24, 2.45) is 5.73 Å². The van der Waals surface area contributed by atoms with Crippen LogP contribution in [0, 0.1) is 5.41 Å². The molecular formula is C11H9BrN4S. The van der Waals surface area contributed by atoms with Crippen molar-refractivity contribution >= 4 is 33.5 Å². The minimum atomic E-state index is 0.0239. The zero-order chi connectivity index (χ0) is 12.3. The zero-order valence-corrected chi connectivity index (χ0v) is 11.1. The number of halogens is 1. The summed E-state index contributed by atoms with van der Waals surface area (Å²) in [5.41, 5.74) is 5.98. The Bertz CT molecular complexity index is 524. The van der Waals surface area contributed by atoms with Crippen LogP contribution in [0.3, 0.4) is 0 Å². The van der Waals surface area contributed by atoms with Crippen LogP contribution in [-0.4, -0.2) is 15.8 Å². The van der Waals surface area contributed by atoms with Gasteiger partial charge in [0.25, 0.3) is 0 Å². The summed E-state index contributed by atoms with van der Waals surface area (Å²) in [5, 5.41) is 8.96. The van der Waals surface area contributed by atoms with Gasteiger partial charge in [0.05, 0.1) is 0 Å². The van der Waals surface area contributed by atoms with Gasteiger partial charge < -0.3 is 5.73 Å². The molecule has 2 rings (SSSR count). The second kappa shape index (κ2) is 5.29. The average molecular weight is 309 g/mol. The predicted molar refractivity (Wildman–Crippen MR) is 71.3 cm³/mol. The maximum Gasteiger partial charge on any atom is 0.124 e. The molecule has 0 saturated carbocycles. The third-order valence-corrected chi connectivity index (χ3v) is 3.33. The molecule has 0 radical (unpaired) electrons. The molecular weight excluding hydrogens is 300 g/mol. The molecule has 0 atom stereocenters. The number of amidine groups is 1. The van der Waals surface area contributed by atoms with Gasteiger partial charge in [-0.2, -0.15) is 0 Å². The van der Waals surface area contributed by atoms with Crippen molar-refractivity contribution in [2.75, 3.05) is 0 Å².